The maximum Gasteiger partial charge on any atom is 0.00860 e. The molecule has 2 atom stereocenters. The van der Waals surface area contributed by atoms with E-state index in [4.69, 9.17) is 0 Å². The van der Waals surface area contributed by atoms with Gasteiger partial charge in [0.2, 0.25) is 0 Å². The van der Waals surface area contributed by atoms with Crippen molar-refractivity contribution in [2.24, 2.45) is 5.92 Å². The third-order valence-corrected chi connectivity index (χ3v) is 4.82. The molecule has 1 fully saturated rings. The van der Waals surface area contributed by atoms with Gasteiger partial charge in [-0.2, -0.15) is 0 Å². The number of rotatable bonds is 6. The zero-order chi connectivity index (χ0) is 11.4. The minimum absolute atomic E-state index is 0.656. The van der Waals surface area contributed by atoms with Crippen LogP contribution in [-0.4, -0.2) is 12.6 Å². The van der Waals surface area contributed by atoms with Gasteiger partial charge < -0.3 is 5.32 Å². The van der Waals surface area contributed by atoms with E-state index in [1.54, 1.807) is 0 Å². The molecule has 0 amide bonds. The second-order valence-corrected chi connectivity index (χ2v) is 6.24. The van der Waals surface area contributed by atoms with Crippen LogP contribution in [0, 0.1) is 5.92 Å². The summed E-state index contributed by atoms with van der Waals surface area (Å²) in [6, 6.07) is 5.08. The van der Waals surface area contributed by atoms with Crippen LogP contribution in [0.1, 0.15) is 50.3 Å². The van der Waals surface area contributed by atoms with Crippen LogP contribution in [0.3, 0.4) is 0 Å². The molecule has 0 aliphatic heterocycles. The maximum atomic E-state index is 3.68. The Bertz CT molecular complexity index is 290. The highest BCUT2D eigenvalue weighted by Gasteiger charge is 2.20. The number of hydrogen-bond acceptors (Lipinski definition) is 2. The van der Waals surface area contributed by atoms with Gasteiger partial charge in [0.25, 0.3) is 0 Å². The molecule has 0 aromatic carbocycles. The molecule has 1 saturated carbocycles. The highest BCUT2D eigenvalue weighted by molar-refractivity contribution is 7.10. The highest BCUT2D eigenvalue weighted by Crippen LogP contribution is 2.30. The molecule has 2 heteroatoms. The molecule has 1 aliphatic rings. The second-order valence-electron chi connectivity index (χ2n) is 5.26. The fraction of sp³-hybridized carbons (Fsp3) is 0.714. The van der Waals surface area contributed by atoms with Crippen LogP contribution in [-0.2, 0) is 0 Å². The fourth-order valence-electron chi connectivity index (χ4n) is 2.36. The van der Waals surface area contributed by atoms with E-state index in [0.29, 0.717) is 12.0 Å². The molecule has 0 bridgehead atoms. The van der Waals surface area contributed by atoms with Gasteiger partial charge in [-0.25, -0.2) is 0 Å². The van der Waals surface area contributed by atoms with E-state index in [9.17, 15) is 0 Å². The van der Waals surface area contributed by atoms with E-state index in [0.717, 1.165) is 12.5 Å². The summed E-state index contributed by atoms with van der Waals surface area (Å²) in [7, 11) is 0. The van der Waals surface area contributed by atoms with Crippen molar-refractivity contribution in [3.8, 4) is 0 Å². The van der Waals surface area contributed by atoms with Gasteiger partial charge in [0.1, 0.15) is 0 Å². The fourth-order valence-corrected chi connectivity index (χ4v) is 3.15. The molecule has 90 valence electrons. The first kappa shape index (κ1) is 12.1. The summed E-state index contributed by atoms with van der Waals surface area (Å²) in [6.07, 6.45) is 5.76. The van der Waals surface area contributed by atoms with E-state index < -0.39 is 0 Å². The molecule has 16 heavy (non-hydrogen) atoms. The van der Waals surface area contributed by atoms with Crippen molar-refractivity contribution >= 4 is 11.3 Å². The topological polar surface area (TPSA) is 12.0 Å². The SMILES string of the molecule is CC(CC1CCC1)NCC(C)c1cccs1. The highest BCUT2D eigenvalue weighted by atomic mass is 32.1. The van der Waals surface area contributed by atoms with Crippen LogP contribution in [0.5, 0.6) is 0 Å². The molecule has 2 rings (SSSR count). The quantitative estimate of drug-likeness (QED) is 0.788. The van der Waals surface area contributed by atoms with E-state index in [2.05, 4.69) is 36.7 Å². The third kappa shape index (κ3) is 3.33. The minimum Gasteiger partial charge on any atom is -0.314 e. The zero-order valence-corrected chi connectivity index (χ0v) is 11.2. The van der Waals surface area contributed by atoms with Crippen molar-refractivity contribution in [1.82, 2.24) is 5.32 Å². The molecule has 1 nitrogen and oxygen atoms in total. The molecular formula is C14H23NS. The van der Waals surface area contributed by atoms with E-state index >= 15 is 0 Å². The van der Waals surface area contributed by atoms with Gasteiger partial charge in [-0.3, -0.25) is 0 Å². The standard InChI is InChI=1S/C14H23NS/c1-11(14-7-4-8-16-14)10-15-12(2)9-13-5-3-6-13/h4,7-8,11-13,15H,3,5-6,9-10H2,1-2H3. The first-order chi connectivity index (χ1) is 7.75. The smallest absolute Gasteiger partial charge is 0.00860 e. The van der Waals surface area contributed by atoms with Crippen molar-refractivity contribution in [3.05, 3.63) is 22.4 Å². The molecule has 0 saturated heterocycles. The van der Waals surface area contributed by atoms with Crippen LogP contribution >= 0.6 is 11.3 Å². The van der Waals surface area contributed by atoms with Crippen molar-refractivity contribution in [3.63, 3.8) is 0 Å². The number of thiophene rings is 1. The van der Waals surface area contributed by atoms with Gasteiger partial charge in [-0.15, -0.1) is 11.3 Å². The first-order valence-electron chi connectivity index (χ1n) is 6.52. The summed E-state index contributed by atoms with van der Waals surface area (Å²) in [6.45, 7) is 5.77. The largest absolute Gasteiger partial charge is 0.314 e. The lowest BCUT2D eigenvalue weighted by Crippen LogP contribution is -2.32. The van der Waals surface area contributed by atoms with E-state index in [-0.39, 0.29) is 0 Å². The van der Waals surface area contributed by atoms with E-state index in [1.165, 1.54) is 30.6 Å². The Hall–Kier alpha value is -0.340. The lowest BCUT2D eigenvalue weighted by atomic mass is 9.81. The summed E-state index contributed by atoms with van der Waals surface area (Å²) in [5.41, 5.74) is 0. The molecule has 1 aromatic rings. The summed E-state index contributed by atoms with van der Waals surface area (Å²) >= 11 is 1.87. The van der Waals surface area contributed by atoms with Gasteiger partial charge in [-0.05, 0) is 30.7 Å². The van der Waals surface area contributed by atoms with Crippen LogP contribution in [0.2, 0.25) is 0 Å². The average Bonchev–Trinajstić information content (AvgIpc) is 2.73. The molecule has 1 heterocycles. The van der Waals surface area contributed by atoms with Gasteiger partial charge in [0.05, 0.1) is 0 Å². The Morgan fingerprint density at radius 2 is 2.25 bits per heavy atom. The Kier molecular flexibility index (Phi) is 4.42. The number of nitrogens with one attached hydrogen (secondary N) is 1. The van der Waals surface area contributed by atoms with Gasteiger partial charge in [-0.1, -0.05) is 32.3 Å². The summed E-state index contributed by atoms with van der Waals surface area (Å²) in [5, 5.41) is 5.85. The van der Waals surface area contributed by atoms with Crippen LogP contribution in [0.4, 0.5) is 0 Å². The van der Waals surface area contributed by atoms with E-state index in [1.807, 2.05) is 11.3 Å². The van der Waals surface area contributed by atoms with Crippen molar-refractivity contribution in [2.75, 3.05) is 6.54 Å². The van der Waals surface area contributed by atoms with Gasteiger partial charge >= 0.3 is 0 Å². The maximum absolute atomic E-state index is 3.68. The summed E-state index contributed by atoms with van der Waals surface area (Å²) < 4.78 is 0. The Labute approximate surface area is 103 Å². The van der Waals surface area contributed by atoms with Crippen LogP contribution in [0.25, 0.3) is 0 Å². The Morgan fingerprint density at radius 1 is 1.44 bits per heavy atom. The summed E-state index contributed by atoms with van der Waals surface area (Å²) in [5.74, 6) is 1.67. The average molecular weight is 237 g/mol. The predicted octanol–water partition coefficient (Wildman–Crippen LogP) is 4.02. The molecule has 0 spiro atoms. The molecule has 0 radical (unpaired) electrons. The Balaban J connectivity index is 1.66. The van der Waals surface area contributed by atoms with Crippen molar-refractivity contribution in [1.29, 1.82) is 0 Å². The van der Waals surface area contributed by atoms with Gasteiger partial charge in [0, 0.05) is 23.4 Å². The molecular weight excluding hydrogens is 214 g/mol. The third-order valence-electron chi connectivity index (χ3n) is 3.71. The molecule has 1 N–H and O–H groups in total. The van der Waals surface area contributed by atoms with Crippen molar-refractivity contribution < 1.29 is 0 Å². The van der Waals surface area contributed by atoms with Crippen LogP contribution < -0.4 is 5.32 Å². The monoisotopic (exact) mass is 237 g/mol. The number of hydrogen-bond donors (Lipinski definition) is 1. The van der Waals surface area contributed by atoms with Crippen LogP contribution in [0.15, 0.2) is 17.5 Å². The first-order valence-corrected chi connectivity index (χ1v) is 7.40. The minimum atomic E-state index is 0.656. The normalized spacial score (nSPS) is 20.4. The molecule has 1 aromatic heterocycles. The second kappa shape index (κ2) is 5.83. The molecule has 2 unspecified atom stereocenters. The summed E-state index contributed by atoms with van der Waals surface area (Å²) in [4.78, 5) is 1.50. The lowest BCUT2D eigenvalue weighted by Gasteiger charge is -2.29. The van der Waals surface area contributed by atoms with Crippen molar-refractivity contribution in [2.45, 2.75) is 51.5 Å². The predicted molar refractivity (Wildman–Crippen MR) is 72.2 cm³/mol. The lowest BCUT2D eigenvalue weighted by molar-refractivity contribution is 0.265. The Morgan fingerprint density at radius 3 is 2.81 bits per heavy atom. The zero-order valence-electron chi connectivity index (χ0n) is 10.4. The van der Waals surface area contributed by atoms with Gasteiger partial charge in [0.15, 0.2) is 0 Å². The molecule has 1 aliphatic carbocycles.